The summed E-state index contributed by atoms with van der Waals surface area (Å²) in [6, 6.07) is 0.339. The second kappa shape index (κ2) is 7.13. The van der Waals surface area contributed by atoms with E-state index in [0.29, 0.717) is 29.7 Å². The zero-order valence-electron chi connectivity index (χ0n) is 12.4. The van der Waals surface area contributed by atoms with Gasteiger partial charge in [-0.25, -0.2) is 0 Å². The highest BCUT2D eigenvalue weighted by Crippen LogP contribution is 2.37. The maximum atomic E-state index is 12.7. The van der Waals surface area contributed by atoms with E-state index in [9.17, 15) is 4.79 Å². The third-order valence-corrected chi connectivity index (χ3v) is 5.67. The first-order valence-electron chi connectivity index (χ1n) is 8.30. The summed E-state index contributed by atoms with van der Waals surface area (Å²) >= 11 is 0. The van der Waals surface area contributed by atoms with E-state index in [1.807, 2.05) is 0 Å². The summed E-state index contributed by atoms with van der Waals surface area (Å²) < 4.78 is 0. The molecule has 3 nitrogen and oxygen atoms in total. The Morgan fingerprint density at radius 3 is 2.25 bits per heavy atom. The molecule has 0 spiro atoms. The molecule has 0 aromatic heterocycles. The minimum Gasteiger partial charge on any atom is -0.342 e. The molecule has 1 amide bonds. The zero-order valence-corrected chi connectivity index (χ0v) is 13.2. The summed E-state index contributed by atoms with van der Waals surface area (Å²) in [5.41, 5.74) is 6.25. The Morgan fingerprint density at radius 2 is 1.60 bits per heavy atom. The Bertz CT molecular complexity index is 328. The average molecular weight is 301 g/mol. The van der Waals surface area contributed by atoms with Gasteiger partial charge in [0.15, 0.2) is 0 Å². The quantitative estimate of drug-likeness (QED) is 0.757. The third-order valence-electron chi connectivity index (χ3n) is 5.67. The van der Waals surface area contributed by atoms with Crippen LogP contribution in [0.3, 0.4) is 0 Å². The minimum atomic E-state index is 0. The molecule has 3 rings (SSSR count). The highest BCUT2D eigenvalue weighted by molar-refractivity contribution is 5.85. The molecule has 3 aliphatic rings. The first-order valence-corrected chi connectivity index (χ1v) is 8.30. The fraction of sp³-hybridized carbons (Fsp3) is 0.938. The molecule has 2 aliphatic carbocycles. The van der Waals surface area contributed by atoms with Gasteiger partial charge in [0.05, 0.1) is 0 Å². The van der Waals surface area contributed by atoms with E-state index in [1.165, 1.54) is 38.5 Å². The number of carbonyl (C=O) groups excluding carboxylic acids is 1. The molecule has 1 heterocycles. The number of nitrogens with two attached hydrogens (primary N) is 1. The van der Waals surface area contributed by atoms with Crippen molar-refractivity contribution in [3.8, 4) is 0 Å². The highest BCUT2D eigenvalue weighted by Gasteiger charge is 2.41. The van der Waals surface area contributed by atoms with Crippen molar-refractivity contribution in [1.82, 2.24) is 4.90 Å². The van der Waals surface area contributed by atoms with Gasteiger partial charge in [-0.2, -0.15) is 0 Å². The third kappa shape index (κ3) is 3.30. The Hall–Kier alpha value is -0.280. The van der Waals surface area contributed by atoms with Gasteiger partial charge in [0, 0.05) is 25.0 Å². The summed E-state index contributed by atoms with van der Waals surface area (Å²) in [6.07, 6.45) is 11.1. The fourth-order valence-electron chi connectivity index (χ4n) is 4.48. The molecule has 0 bridgehead atoms. The van der Waals surface area contributed by atoms with Crippen molar-refractivity contribution < 1.29 is 4.79 Å². The van der Waals surface area contributed by atoms with Crippen molar-refractivity contribution >= 4 is 18.3 Å². The molecule has 2 saturated carbocycles. The molecule has 0 aromatic rings. The topological polar surface area (TPSA) is 46.3 Å². The molecule has 4 heteroatoms. The van der Waals surface area contributed by atoms with Crippen molar-refractivity contribution in [2.75, 3.05) is 13.1 Å². The van der Waals surface area contributed by atoms with Crippen LogP contribution >= 0.6 is 12.4 Å². The van der Waals surface area contributed by atoms with Crippen LogP contribution in [0.4, 0.5) is 0 Å². The van der Waals surface area contributed by atoms with Crippen LogP contribution in [0.25, 0.3) is 0 Å². The lowest BCUT2D eigenvalue weighted by Gasteiger charge is -2.29. The van der Waals surface area contributed by atoms with Crippen LogP contribution in [0.1, 0.15) is 57.8 Å². The number of rotatable bonds is 1. The van der Waals surface area contributed by atoms with Crippen LogP contribution in [0.15, 0.2) is 0 Å². The van der Waals surface area contributed by atoms with Gasteiger partial charge >= 0.3 is 0 Å². The van der Waals surface area contributed by atoms with Crippen LogP contribution in [-0.4, -0.2) is 29.9 Å². The SMILES string of the molecule is Cl.NC1CCCC2CN(C(=O)C3CCCCCC3)CC12. The lowest BCUT2D eigenvalue weighted by molar-refractivity contribution is -0.135. The van der Waals surface area contributed by atoms with Gasteiger partial charge in [-0.3, -0.25) is 4.79 Å². The van der Waals surface area contributed by atoms with E-state index >= 15 is 0 Å². The molecule has 3 unspecified atom stereocenters. The van der Waals surface area contributed by atoms with E-state index in [1.54, 1.807) is 0 Å². The summed E-state index contributed by atoms with van der Waals surface area (Å²) in [7, 11) is 0. The fourth-order valence-corrected chi connectivity index (χ4v) is 4.48. The number of halogens is 1. The largest absolute Gasteiger partial charge is 0.342 e. The van der Waals surface area contributed by atoms with Crippen LogP contribution in [0.2, 0.25) is 0 Å². The highest BCUT2D eigenvalue weighted by atomic mass is 35.5. The van der Waals surface area contributed by atoms with Crippen LogP contribution in [0.5, 0.6) is 0 Å². The first kappa shape index (κ1) is 16.1. The van der Waals surface area contributed by atoms with Crippen LogP contribution in [-0.2, 0) is 4.79 Å². The zero-order chi connectivity index (χ0) is 13.2. The lowest BCUT2D eigenvalue weighted by atomic mass is 9.78. The number of carbonyl (C=O) groups is 1. The van der Waals surface area contributed by atoms with Gasteiger partial charge in [-0.15, -0.1) is 12.4 Å². The summed E-state index contributed by atoms with van der Waals surface area (Å²) in [4.78, 5) is 14.9. The van der Waals surface area contributed by atoms with Crippen LogP contribution < -0.4 is 5.73 Å². The number of hydrogen-bond acceptors (Lipinski definition) is 2. The molecule has 0 radical (unpaired) electrons. The molecule has 116 valence electrons. The predicted molar refractivity (Wildman–Crippen MR) is 83.8 cm³/mol. The second-order valence-electron chi connectivity index (χ2n) is 6.95. The number of fused-ring (bicyclic) bond motifs is 1. The molecule has 3 atom stereocenters. The summed E-state index contributed by atoms with van der Waals surface area (Å²) in [6.45, 7) is 1.94. The van der Waals surface area contributed by atoms with Gasteiger partial charge in [0.25, 0.3) is 0 Å². The standard InChI is InChI=1S/C16H28N2O.ClH/c17-15-9-5-8-13-10-18(11-14(13)15)16(19)12-6-3-1-2-4-7-12;/h12-15H,1-11,17H2;1H. The molecule has 20 heavy (non-hydrogen) atoms. The van der Waals surface area contributed by atoms with Gasteiger partial charge in [0.1, 0.15) is 0 Å². The minimum absolute atomic E-state index is 0. The van der Waals surface area contributed by atoms with Crippen molar-refractivity contribution in [1.29, 1.82) is 0 Å². The normalized spacial score (nSPS) is 35.0. The molecule has 0 aromatic carbocycles. The molecule has 2 N–H and O–H groups in total. The Morgan fingerprint density at radius 1 is 0.900 bits per heavy atom. The lowest BCUT2D eigenvalue weighted by Crippen LogP contribution is -2.39. The summed E-state index contributed by atoms with van der Waals surface area (Å²) in [5, 5.41) is 0. The number of amides is 1. The van der Waals surface area contributed by atoms with E-state index in [2.05, 4.69) is 4.90 Å². The molecular formula is C16H29ClN2O. The Kier molecular flexibility index (Phi) is 5.74. The van der Waals surface area contributed by atoms with Crippen molar-refractivity contribution in [2.24, 2.45) is 23.5 Å². The van der Waals surface area contributed by atoms with E-state index < -0.39 is 0 Å². The monoisotopic (exact) mass is 300 g/mol. The number of hydrogen-bond donors (Lipinski definition) is 1. The molecule has 3 fully saturated rings. The van der Waals surface area contributed by atoms with Gasteiger partial charge in [-0.05, 0) is 37.5 Å². The van der Waals surface area contributed by atoms with Gasteiger partial charge < -0.3 is 10.6 Å². The maximum Gasteiger partial charge on any atom is 0.225 e. The van der Waals surface area contributed by atoms with Gasteiger partial charge in [0.2, 0.25) is 5.91 Å². The smallest absolute Gasteiger partial charge is 0.225 e. The Balaban J connectivity index is 0.00000147. The Labute approximate surface area is 129 Å². The van der Waals surface area contributed by atoms with Crippen molar-refractivity contribution in [3.63, 3.8) is 0 Å². The van der Waals surface area contributed by atoms with Crippen molar-refractivity contribution in [3.05, 3.63) is 0 Å². The summed E-state index contributed by atoms with van der Waals surface area (Å²) in [5.74, 6) is 2.05. The van der Waals surface area contributed by atoms with E-state index in [4.69, 9.17) is 5.73 Å². The predicted octanol–water partition coefficient (Wildman–Crippen LogP) is 2.96. The van der Waals surface area contributed by atoms with E-state index in [0.717, 1.165) is 32.4 Å². The maximum absolute atomic E-state index is 12.7. The first-order chi connectivity index (χ1) is 9.25. The molecule has 1 saturated heterocycles. The molecule has 1 aliphatic heterocycles. The molecular weight excluding hydrogens is 272 g/mol. The second-order valence-corrected chi connectivity index (χ2v) is 6.95. The number of likely N-dealkylation sites (tertiary alicyclic amines) is 1. The van der Waals surface area contributed by atoms with Gasteiger partial charge in [-0.1, -0.05) is 32.1 Å². The van der Waals surface area contributed by atoms with Crippen molar-refractivity contribution in [2.45, 2.75) is 63.8 Å². The number of nitrogens with zero attached hydrogens (tertiary/aromatic N) is 1. The van der Waals surface area contributed by atoms with Crippen LogP contribution in [0, 0.1) is 17.8 Å². The van der Waals surface area contributed by atoms with E-state index in [-0.39, 0.29) is 12.4 Å². The average Bonchev–Trinajstić information content (AvgIpc) is 2.67.